The van der Waals surface area contributed by atoms with E-state index in [-0.39, 0.29) is 6.10 Å². The van der Waals surface area contributed by atoms with E-state index < -0.39 is 0 Å². The van der Waals surface area contributed by atoms with Crippen LogP contribution in [0.4, 0.5) is 0 Å². The van der Waals surface area contributed by atoms with Gasteiger partial charge >= 0.3 is 0 Å². The van der Waals surface area contributed by atoms with Crippen LogP contribution < -0.4 is 5.32 Å². The van der Waals surface area contributed by atoms with Gasteiger partial charge in [-0.15, -0.1) is 0 Å². The first-order chi connectivity index (χ1) is 7.27. The van der Waals surface area contributed by atoms with Crippen LogP contribution >= 0.6 is 0 Å². The highest BCUT2D eigenvalue weighted by Gasteiger charge is 2.14. The fourth-order valence-electron chi connectivity index (χ4n) is 2.18. The van der Waals surface area contributed by atoms with Gasteiger partial charge in [0, 0.05) is 6.54 Å². The van der Waals surface area contributed by atoms with Crippen LogP contribution in [-0.2, 0) is 0 Å². The van der Waals surface area contributed by atoms with E-state index in [2.05, 4.69) is 17.4 Å². The van der Waals surface area contributed by atoms with E-state index in [1.807, 2.05) is 12.1 Å². The smallest absolute Gasteiger partial charge is 0.0761 e. The van der Waals surface area contributed by atoms with Crippen molar-refractivity contribution < 1.29 is 5.11 Å². The van der Waals surface area contributed by atoms with Gasteiger partial charge in [0.15, 0.2) is 0 Å². The summed E-state index contributed by atoms with van der Waals surface area (Å²) in [6.07, 6.45) is 2.19. The molecule has 1 saturated heterocycles. The van der Waals surface area contributed by atoms with Gasteiger partial charge in [-0.2, -0.15) is 0 Å². The monoisotopic (exact) mass is 205 g/mol. The number of hydrogen-bond donors (Lipinski definition) is 2. The van der Waals surface area contributed by atoms with E-state index in [4.69, 9.17) is 0 Å². The number of piperidine rings is 1. The van der Waals surface area contributed by atoms with Gasteiger partial charge in [0.1, 0.15) is 0 Å². The summed E-state index contributed by atoms with van der Waals surface area (Å²) in [6.45, 7) is 4.05. The highest BCUT2D eigenvalue weighted by atomic mass is 16.3. The Labute approximate surface area is 91.3 Å². The van der Waals surface area contributed by atoms with Gasteiger partial charge in [-0.05, 0) is 43.4 Å². The molecule has 0 bridgehead atoms. The molecule has 0 aliphatic carbocycles. The normalized spacial score (nSPS) is 23.7. The van der Waals surface area contributed by atoms with Gasteiger partial charge in [0.2, 0.25) is 0 Å². The summed E-state index contributed by atoms with van der Waals surface area (Å²) < 4.78 is 0. The van der Waals surface area contributed by atoms with E-state index in [0.717, 1.165) is 18.7 Å². The van der Waals surface area contributed by atoms with E-state index in [1.165, 1.54) is 18.4 Å². The molecule has 0 aromatic heterocycles. The molecule has 1 aliphatic heterocycles. The molecular weight excluding hydrogens is 186 g/mol. The maximum absolute atomic E-state index is 9.41. The molecule has 1 aromatic rings. The van der Waals surface area contributed by atoms with Crippen molar-refractivity contribution in [3.63, 3.8) is 0 Å². The number of aliphatic hydroxyl groups excluding tert-OH is 1. The second-order valence-corrected chi connectivity index (χ2v) is 4.39. The van der Waals surface area contributed by atoms with Crippen molar-refractivity contribution in [3.05, 3.63) is 35.4 Å². The van der Waals surface area contributed by atoms with E-state index in [9.17, 15) is 5.11 Å². The van der Waals surface area contributed by atoms with Gasteiger partial charge in [-0.1, -0.05) is 24.3 Å². The maximum atomic E-state index is 9.41. The van der Waals surface area contributed by atoms with Crippen molar-refractivity contribution in [1.29, 1.82) is 0 Å². The fourth-order valence-corrected chi connectivity index (χ4v) is 2.18. The summed E-state index contributed by atoms with van der Waals surface area (Å²) in [5.41, 5.74) is 2.40. The minimum absolute atomic E-state index is 0.358. The van der Waals surface area contributed by atoms with Crippen LogP contribution in [0.1, 0.15) is 42.9 Å². The molecule has 2 heteroatoms. The first-order valence-corrected chi connectivity index (χ1v) is 5.76. The van der Waals surface area contributed by atoms with Crippen molar-refractivity contribution in [1.82, 2.24) is 5.32 Å². The number of benzene rings is 1. The summed E-state index contributed by atoms with van der Waals surface area (Å²) in [4.78, 5) is 0. The standard InChI is InChI=1S/C13H19NO/c1-10(15)11-4-6-12(7-5-11)13-3-2-8-14-9-13/h4-7,10,13-15H,2-3,8-9H2,1H3. The van der Waals surface area contributed by atoms with Crippen LogP contribution in [0, 0.1) is 0 Å². The van der Waals surface area contributed by atoms with Crippen LogP contribution in [0.2, 0.25) is 0 Å². The fraction of sp³-hybridized carbons (Fsp3) is 0.538. The van der Waals surface area contributed by atoms with Gasteiger partial charge in [-0.25, -0.2) is 0 Å². The third-order valence-electron chi connectivity index (χ3n) is 3.19. The first kappa shape index (κ1) is 10.7. The molecule has 0 amide bonds. The summed E-state index contributed by atoms with van der Waals surface area (Å²) in [5, 5.41) is 12.8. The first-order valence-electron chi connectivity index (χ1n) is 5.76. The molecule has 2 atom stereocenters. The van der Waals surface area contributed by atoms with Crippen LogP contribution in [0.3, 0.4) is 0 Å². The van der Waals surface area contributed by atoms with E-state index in [1.54, 1.807) is 6.92 Å². The lowest BCUT2D eigenvalue weighted by atomic mass is 9.91. The van der Waals surface area contributed by atoms with Gasteiger partial charge in [0.25, 0.3) is 0 Å². The third kappa shape index (κ3) is 2.58. The maximum Gasteiger partial charge on any atom is 0.0761 e. The number of nitrogens with one attached hydrogen (secondary N) is 1. The van der Waals surface area contributed by atoms with Crippen LogP contribution in [0.15, 0.2) is 24.3 Å². The molecule has 1 heterocycles. The minimum atomic E-state index is -0.358. The molecule has 0 saturated carbocycles. The molecule has 0 radical (unpaired) electrons. The molecule has 1 fully saturated rings. The number of rotatable bonds is 2. The van der Waals surface area contributed by atoms with Crippen LogP contribution in [0.5, 0.6) is 0 Å². The molecule has 82 valence electrons. The second kappa shape index (κ2) is 4.77. The molecule has 2 rings (SSSR count). The van der Waals surface area contributed by atoms with Crippen LogP contribution in [-0.4, -0.2) is 18.2 Å². The third-order valence-corrected chi connectivity index (χ3v) is 3.19. The summed E-state index contributed by atoms with van der Waals surface area (Å²) in [5.74, 6) is 0.654. The Balaban J connectivity index is 2.08. The van der Waals surface area contributed by atoms with E-state index >= 15 is 0 Å². The van der Waals surface area contributed by atoms with E-state index in [0.29, 0.717) is 5.92 Å². The Hall–Kier alpha value is -0.860. The Morgan fingerprint density at radius 3 is 2.60 bits per heavy atom. The van der Waals surface area contributed by atoms with Gasteiger partial charge in [0.05, 0.1) is 6.10 Å². The Morgan fingerprint density at radius 2 is 2.07 bits per heavy atom. The lowest BCUT2D eigenvalue weighted by Gasteiger charge is -2.23. The second-order valence-electron chi connectivity index (χ2n) is 4.39. The molecular formula is C13H19NO. The molecule has 1 aliphatic rings. The highest BCUT2D eigenvalue weighted by Crippen LogP contribution is 2.24. The summed E-state index contributed by atoms with van der Waals surface area (Å²) >= 11 is 0. The zero-order chi connectivity index (χ0) is 10.7. The van der Waals surface area contributed by atoms with Crippen LogP contribution in [0.25, 0.3) is 0 Å². The van der Waals surface area contributed by atoms with Crippen molar-refractivity contribution >= 4 is 0 Å². The van der Waals surface area contributed by atoms with Crippen molar-refractivity contribution in [2.24, 2.45) is 0 Å². The average molecular weight is 205 g/mol. The predicted octanol–water partition coefficient (Wildman–Crippen LogP) is 2.21. The average Bonchev–Trinajstić information content (AvgIpc) is 2.30. The molecule has 15 heavy (non-hydrogen) atoms. The largest absolute Gasteiger partial charge is 0.389 e. The van der Waals surface area contributed by atoms with Crippen molar-refractivity contribution in [3.8, 4) is 0 Å². The van der Waals surface area contributed by atoms with Gasteiger partial charge in [-0.3, -0.25) is 0 Å². The Morgan fingerprint density at radius 1 is 1.33 bits per heavy atom. The molecule has 2 nitrogen and oxygen atoms in total. The topological polar surface area (TPSA) is 32.3 Å². The molecule has 2 N–H and O–H groups in total. The number of hydrogen-bond acceptors (Lipinski definition) is 2. The molecule has 1 aromatic carbocycles. The van der Waals surface area contributed by atoms with Gasteiger partial charge < -0.3 is 10.4 Å². The minimum Gasteiger partial charge on any atom is -0.389 e. The summed E-state index contributed by atoms with van der Waals surface area (Å²) in [7, 11) is 0. The predicted molar refractivity (Wildman–Crippen MR) is 61.9 cm³/mol. The lowest BCUT2D eigenvalue weighted by Crippen LogP contribution is -2.28. The molecule has 0 spiro atoms. The highest BCUT2D eigenvalue weighted by molar-refractivity contribution is 5.27. The summed E-state index contributed by atoms with van der Waals surface area (Å²) in [6, 6.07) is 8.38. The quantitative estimate of drug-likeness (QED) is 0.776. The molecule has 2 unspecified atom stereocenters. The van der Waals surface area contributed by atoms with Crippen molar-refractivity contribution in [2.75, 3.05) is 13.1 Å². The Kier molecular flexibility index (Phi) is 3.39. The lowest BCUT2D eigenvalue weighted by molar-refractivity contribution is 0.199. The zero-order valence-corrected chi connectivity index (χ0v) is 9.24. The zero-order valence-electron chi connectivity index (χ0n) is 9.24. The SMILES string of the molecule is CC(O)c1ccc(C2CCCNC2)cc1. The van der Waals surface area contributed by atoms with Crippen molar-refractivity contribution in [2.45, 2.75) is 31.8 Å². The number of aliphatic hydroxyl groups is 1. The Bertz CT molecular complexity index is 299.